The Bertz CT molecular complexity index is 538. The molecule has 0 unspecified atom stereocenters. The smallest absolute Gasteiger partial charge is 0.164 e. The Morgan fingerprint density at radius 1 is 1.17 bits per heavy atom. The van der Waals surface area contributed by atoms with E-state index in [2.05, 4.69) is 18.9 Å². The van der Waals surface area contributed by atoms with Gasteiger partial charge in [-0.25, -0.2) is 0 Å². The van der Waals surface area contributed by atoms with Crippen LogP contribution in [-0.4, -0.2) is 14.9 Å². The van der Waals surface area contributed by atoms with Crippen molar-refractivity contribution in [2.45, 2.75) is 34.2 Å². The second-order valence-corrected chi connectivity index (χ2v) is 5.22. The molecule has 2 rings (SSSR count). The molecule has 1 aromatic carbocycles. The topological polar surface area (TPSA) is 38.0 Å². The first-order valence-corrected chi connectivity index (χ1v) is 6.32. The third kappa shape index (κ3) is 2.40. The maximum absolute atomic E-state index is 10.2. The molecule has 0 amide bonds. The monoisotopic (exact) mass is 244 g/mol. The molecule has 18 heavy (non-hydrogen) atoms. The molecule has 0 atom stereocenters. The maximum atomic E-state index is 10.2. The van der Waals surface area contributed by atoms with Gasteiger partial charge >= 0.3 is 0 Å². The van der Waals surface area contributed by atoms with Crippen LogP contribution in [0.1, 0.15) is 25.1 Å². The Morgan fingerprint density at radius 2 is 1.78 bits per heavy atom. The highest BCUT2D eigenvalue weighted by Crippen LogP contribution is 2.31. The van der Waals surface area contributed by atoms with Gasteiger partial charge in [-0.1, -0.05) is 43.7 Å². The van der Waals surface area contributed by atoms with Crippen molar-refractivity contribution in [3.63, 3.8) is 0 Å². The summed E-state index contributed by atoms with van der Waals surface area (Å²) in [6, 6.07) is 8.06. The minimum absolute atomic E-state index is 0.291. The third-order valence-electron chi connectivity index (χ3n) is 3.04. The maximum Gasteiger partial charge on any atom is 0.164 e. The summed E-state index contributed by atoms with van der Waals surface area (Å²) < 4.78 is 1.88. The number of benzene rings is 1. The summed E-state index contributed by atoms with van der Waals surface area (Å²) in [6.45, 7) is 9.06. The summed E-state index contributed by atoms with van der Waals surface area (Å²) in [5.74, 6) is 0.799. The lowest BCUT2D eigenvalue weighted by atomic mass is 10.1. The van der Waals surface area contributed by atoms with E-state index in [1.54, 1.807) is 0 Å². The standard InChI is InChI=1S/C15H20N2O/c1-10(2)9-17-12(4)15(18)14(16-17)13-7-5-11(3)6-8-13/h5-8,10,18H,9H2,1-4H3. The van der Waals surface area contributed by atoms with Crippen LogP contribution in [0.15, 0.2) is 24.3 Å². The number of hydrogen-bond donors (Lipinski definition) is 1. The van der Waals surface area contributed by atoms with Gasteiger partial charge in [0.05, 0.1) is 5.69 Å². The van der Waals surface area contributed by atoms with E-state index in [1.807, 2.05) is 42.8 Å². The first-order chi connectivity index (χ1) is 8.49. The van der Waals surface area contributed by atoms with Gasteiger partial charge in [0.15, 0.2) is 5.75 Å². The van der Waals surface area contributed by atoms with Gasteiger partial charge in [0, 0.05) is 12.1 Å². The summed E-state index contributed by atoms with van der Waals surface area (Å²) in [7, 11) is 0. The largest absolute Gasteiger partial charge is 0.504 e. The number of aromatic nitrogens is 2. The van der Waals surface area contributed by atoms with Gasteiger partial charge in [-0.15, -0.1) is 0 Å². The van der Waals surface area contributed by atoms with Crippen LogP contribution in [0.3, 0.4) is 0 Å². The predicted octanol–water partition coefficient (Wildman–Crippen LogP) is 3.53. The summed E-state index contributed by atoms with van der Waals surface area (Å²) in [4.78, 5) is 0. The predicted molar refractivity (Wildman–Crippen MR) is 73.6 cm³/mol. The van der Waals surface area contributed by atoms with Crippen molar-refractivity contribution in [2.24, 2.45) is 5.92 Å². The van der Waals surface area contributed by atoms with Gasteiger partial charge in [-0.2, -0.15) is 5.10 Å². The minimum Gasteiger partial charge on any atom is -0.504 e. The van der Waals surface area contributed by atoms with Crippen LogP contribution >= 0.6 is 0 Å². The van der Waals surface area contributed by atoms with Crippen LogP contribution < -0.4 is 0 Å². The van der Waals surface area contributed by atoms with Gasteiger partial charge in [0.1, 0.15) is 5.69 Å². The number of hydrogen-bond acceptors (Lipinski definition) is 2. The molecule has 3 nitrogen and oxygen atoms in total. The van der Waals surface area contributed by atoms with Crippen molar-refractivity contribution in [1.82, 2.24) is 9.78 Å². The lowest BCUT2D eigenvalue weighted by Gasteiger charge is -2.06. The summed E-state index contributed by atoms with van der Waals surface area (Å²) in [6.07, 6.45) is 0. The quantitative estimate of drug-likeness (QED) is 0.897. The van der Waals surface area contributed by atoms with E-state index in [1.165, 1.54) is 5.56 Å². The van der Waals surface area contributed by atoms with Crippen LogP contribution in [-0.2, 0) is 6.54 Å². The average Bonchev–Trinajstić information content (AvgIpc) is 2.58. The molecule has 3 heteroatoms. The van der Waals surface area contributed by atoms with Gasteiger partial charge < -0.3 is 5.11 Å². The second kappa shape index (κ2) is 4.84. The van der Waals surface area contributed by atoms with Crippen molar-refractivity contribution in [3.8, 4) is 17.0 Å². The Hall–Kier alpha value is -1.77. The first-order valence-electron chi connectivity index (χ1n) is 6.32. The Labute approximate surface area is 108 Å². The molecule has 0 fully saturated rings. The lowest BCUT2D eigenvalue weighted by molar-refractivity contribution is 0.452. The van der Waals surface area contributed by atoms with E-state index >= 15 is 0 Å². The molecule has 96 valence electrons. The molecule has 1 N–H and O–H groups in total. The number of aryl methyl sites for hydroxylation is 1. The number of rotatable bonds is 3. The first kappa shape index (κ1) is 12.7. The van der Waals surface area contributed by atoms with Crippen LogP contribution in [0.5, 0.6) is 5.75 Å². The van der Waals surface area contributed by atoms with E-state index in [4.69, 9.17) is 0 Å². The van der Waals surface area contributed by atoms with E-state index in [-0.39, 0.29) is 0 Å². The van der Waals surface area contributed by atoms with Crippen LogP contribution in [0.25, 0.3) is 11.3 Å². The van der Waals surface area contributed by atoms with Crippen molar-refractivity contribution < 1.29 is 5.11 Å². The highest BCUT2D eigenvalue weighted by atomic mass is 16.3. The highest BCUT2D eigenvalue weighted by Gasteiger charge is 2.15. The van der Waals surface area contributed by atoms with Crippen LogP contribution in [0.2, 0.25) is 0 Å². The van der Waals surface area contributed by atoms with Gasteiger partial charge in [-0.3, -0.25) is 4.68 Å². The van der Waals surface area contributed by atoms with Crippen molar-refractivity contribution in [3.05, 3.63) is 35.5 Å². The van der Waals surface area contributed by atoms with E-state index in [0.29, 0.717) is 17.4 Å². The van der Waals surface area contributed by atoms with Crippen LogP contribution in [0, 0.1) is 19.8 Å². The third-order valence-corrected chi connectivity index (χ3v) is 3.04. The fourth-order valence-corrected chi connectivity index (χ4v) is 1.97. The summed E-state index contributed by atoms with van der Waals surface area (Å²) >= 11 is 0. The van der Waals surface area contributed by atoms with Crippen molar-refractivity contribution in [1.29, 1.82) is 0 Å². The zero-order valence-corrected chi connectivity index (χ0v) is 11.4. The van der Waals surface area contributed by atoms with Crippen molar-refractivity contribution >= 4 is 0 Å². The molecule has 0 aliphatic rings. The highest BCUT2D eigenvalue weighted by molar-refractivity contribution is 5.67. The molecule has 0 spiro atoms. The molecule has 0 saturated carbocycles. The molecule has 0 bridgehead atoms. The average molecular weight is 244 g/mol. The summed E-state index contributed by atoms with van der Waals surface area (Å²) in [5.41, 5.74) is 3.67. The van der Waals surface area contributed by atoms with Crippen LogP contribution in [0.4, 0.5) is 0 Å². The SMILES string of the molecule is Cc1ccc(-c2nn(CC(C)C)c(C)c2O)cc1. The summed E-state index contributed by atoms with van der Waals surface area (Å²) in [5, 5.41) is 14.7. The zero-order valence-electron chi connectivity index (χ0n) is 11.4. The molecule has 1 heterocycles. The Kier molecular flexibility index (Phi) is 3.41. The fourth-order valence-electron chi connectivity index (χ4n) is 1.97. The van der Waals surface area contributed by atoms with Gasteiger partial charge in [-0.05, 0) is 19.8 Å². The number of aromatic hydroxyl groups is 1. The van der Waals surface area contributed by atoms with Crippen molar-refractivity contribution in [2.75, 3.05) is 0 Å². The van der Waals surface area contributed by atoms with E-state index in [0.717, 1.165) is 17.8 Å². The second-order valence-electron chi connectivity index (χ2n) is 5.22. The fraction of sp³-hybridized carbons (Fsp3) is 0.400. The minimum atomic E-state index is 0.291. The molecule has 0 aliphatic carbocycles. The molecule has 0 aliphatic heterocycles. The van der Waals surface area contributed by atoms with E-state index in [9.17, 15) is 5.11 Å². The lowest BCUT2D eigenvalue weighted by Crippen LogP contribution is -2.07. The van der Waals surface area contributed by atoms with Gasteiger partial charge in [0.2, 0.25) is 0 Å². The normalized spacial score (nSPS) is 11.2. The molecule has 2 aromatic rings. The molecule has 0 saturated heterocycles. The number of nitrogens with zero attached hydrogens (tertiary/aromatic N) is 2. The molecule has 0 radical (unpaired) electrons. The Morgan fingerprint density at radius 3 is 2.33 bits per heavy atom. The van der Waals surface area contributed by atoms with Gasteiger partial charge in [0.25, 0.3) is 0 Å². The molecular formula is C15H20N2O. The molecular weight excluding hydrogens is 224 g/mol. The molecule has 1 aromatic heterocycles. The zero-order chi connectivity index (χ0) is 13.3. The Balaban J connectivity index is 2.42. The van der Waals surface area contributed by atoms with E-state index < -0.39 is 0 Å².